The van der Waals surface area contributed by atoms with Crippen molar-refractivity contribution in [2.45, 2.75) is 26.7 Å². The highest BCUT2D eigenvalue weighted by atomic mass is 79.9. The molecule has 0 spiro atoms. The van der Waals surface area contributed by atoms with Gasteiger partial charge in [-0.25, -0.2) is 0 Å². The van der Waals surface area contributed by atoms with Crippen molar-refractivity contribution in [2.24, 2.45) is 5.41 Å². The van der Waals surface area contributed by atoms with E-state index in [-0.39, 0.29) is 21.7 Å². The number of nitro benzene ring substituents is 1. The molecule has 0 aromatic heterocycles. The third-order valence-corrected chi connectivity index (χ3v) is 4.01. The molecule has 0 saturated heterocycles. The lowest BCUT2D eigenvalue weighted by Crippen LogP contribution is -2.34. The number of halogens is 2. The van der Waals surface area contributed by atoms with Crippen LogP contribution in [0.5, 0.6) is 0 Å². The van der Waals surface area contributed by atoms with Crippen molar-refractivity contribution in [3.05, 3.63) is 38.9 Å². The van der Waals surface area contributed by atoms with Gasteiger partial charge in [-0.1, -0.05) is 47.4 Å². The molecular formula is C14H18BrClN2O3. The topological polar surface area (TPSA) is 72.2 Å². The maximum Gasteiger partial charge on any atom is 0.283 e. The Balaban J connectivity index is 2.84. The number of benzene rings is 1. The lowest BCUT2D eigenvalue weighted by atomic mass is 9.88. The van der Waals surface area contributed by atoms with Gasteiger partial charge >= 0.3 is 0 Å². The summed E-state index contributed by atoms with van der Waals surface area (Å²) in [4.78, 5) is 22.6. The van der Waals surface area contributed by atoms with E-state index in [2.05, 4.69) is 21.2 Å². The average Bonchev–Trinajstić information content (AvgIpc) is 2.42. The van der Waals surface area contributed by atoms with E-state index in [1.165, 1.54) is 18.2 Å². The van der Waals surface area contributed by atoms with Crippen molar-refractivity contribution < 1.29 is 9.72 Å². The van der Waals surface area contributed by atoms with E-state index in [1.54, 1.807) is 0 Å². The second-order valence-electron chi connectivity index (χ2n) is 5.53. The summed E-state index contributed by atoms with van der Waals surface area (Å²) in [6.45, 7) is 4.51. The van der Waals surface area contributed by atoms with Gasteiger partial charge in [0.15, 0.2) is 0 Å². The summed E-state index contributed by atoms with van der Waals surface area (Å²) in [6.07, 6.45) is 1.93. The summed E-state index contributed by atoms with van der Waals surface area (Å²) in [5, 5.41) is 14.7. The zero-order valence-corrected chi connectivity index (χ0v) is 14.3. The summed E-state index contributed by atoms with van der Waals surface area (Å²) in [5.41, 5.74) is -0.446. The van der Waals surface area contributed by atoms with Gasteiger partial charge < -0.3 is 5.32 Å². The molecular weight excluding hydrogens is 360 g/mol. The molecule has 5 nitrogen and oxygen atoms in total. The van der Waals surface area contributed by atoms with Gasteiger partial charge in [0, 0.05) is 17.9 Å². The molecule has 0 saturated carbocycles. The molecule has 0 radical (unpaired) electrons. The van der Waals surface area contributed by atoms with E-state index < -0.39 is 10.8 Å². The first-order valence-corrected chi connectivity index (χ1v) is 8.05. The molecule has 21 heavy (non-hydrogen) atoms. The van der Waals surface area contributed by atoms with Gasteiger partial charge in [0.25, 0.3) is 11.6 Å². The molecule has 1 aromatic rings. The van der Waals surface area contributed by atoms with Gasteiger partial charge in [0.05, 0.1) is 9.95 Å². The highest BCUT2D eigenvalue weighted by Gasteiger charge is 2.25. The Hall–Kier alpha value is -1.14. The second-order valence-corrected chi connectivity index (χ2v) is 6.73. The number of carbonyl (C=O) groups excluding carboxylic acids is 1. The van der Waals surface area contributed by atoms with E-state index in [4.69, 9.17) is 11.6 Å². The molecule has 1 N–H and O–H groups in total. The normalized spacial score (nSPS) is 11.2. The van der Waals surface area contributed by atoms with E-state index >= 15 is 0 Å². The maximum absolute atomic E-state index is 12.2. The third kappa shape index (κ3) is 5.28. The van der Waals surface area contributed by atoms with Crippen LogP contribution in [0.4, 0.5) is 5.69 Å². The highest BCUT2D eigenvalue weighted by molar-refractivity contribution is 9.09. The number of hydrogen-bond acceptors (Lipinski definition) is 3. The van der Waals surface area contributed by atoms with Crippen LogP contribution < -0.4 is 5.32 Å². The third-order valence-electron chi connectivity index (χ3n) is 3.13. The van der Waals surface area contributed by atoms with Crippen LogP contribution in [-0.4, -0.2) is 22.7 Å². The Bertz CT molecular complexity index is 535. The SMILES string of the molecule is CC(C)(CCCBr)CNC(=O)c1c(Cl)cccc1[N+](=O)[O-]. The molecule has 7 heteroatoms. The number of nitrogens with zero attached hydrogens (tertiary/aromatic N) is 1. The summed E-state index contributed by atoms with van der Waals surface area (Å²) >= 11 is 9.30. The predicted octanol–water partition coefficient (Wildman–Crippen LogP) is 4.18. The van der Waals surface area contributed by atoms with Gasteiger partial charge in [-0.15, -0.1) is 0 Å². The molecule has 0 unspecified atom stereocenters. The number of nitro groups is 1. The molecule has 0 aliphatic rings. The van der Waals surface area contributed by atoms with Crippen LogP contribution in [0.3, 0.4) is 0 Å². The number of hydrogen-bond donors (Lipinski definition) is 1. The standard InChI is InChI=1S/C14H18BrClN2O3/c1-14(2,7-4-8-15)9-17-13(19)12-10(16)5-3-6-11(12)18(20)21/h3,5-6H,4,7-9H2,1-2H3,(H,17,19). The van der Waals surface area contributed by atoms with Gasteiger partial charge in [-0.05, 0) is 24.3 Å². The van der Waals surface area contributed by atoms with E-state index in [0.29, 0.717) is 6.54 Å². The summed E-state index contributed by atoms with van der Waals surface area (Å²) in [5.74, 6) is -0.515. The number of amides is 1. The minimum absolute atomic E-state index is 0.0829. The molecule has 0 bridgehead atoms. The van der Waals surface area contributed by atoms with Crippen LogP contribution in [0.15, 0.2) is 18.2 Å². The molecule has 0 aliphatic heterocycles. The first-order chi connectivity index (χ1) is 9.78. The first kappa shape index (κ1) is 17.9. The Labute approximate surface area is 137 Å². The van der Waals surface area contributed by atoms with Crippen LogP contribution in [0.25, 0.3) is 0 Å². The Kier molecular flexibility index (Phi) is 6.61. The summed E-state index contributed by atoms with van der Waals surface area (Å²) in [6, 6.07) is 4.20. The zero-order valence-electron chi connectivity index (χ0n) is 12.0. The molecule has 0 fully saturated rings. The van der Waals surface area contributed by atoms with Crippen LogP contribution in [-0.2, 0) is 0 Å². The van der Waals surface area contributed by atoms with Crippen LogP contribution in [0, 0.1) is 15.5 Å². The van der Waals surface area contributed by atoms with Crippen molar-refractivity contribution in [1.82, 2.24) is 5.32 Å². The molecule has 1 amide bonds. The smallest absolute Gasteiger partial charge is 0.283 e. The van der Waals surface area contributed by atoms with E-state index in [1.807, 2.05) is 13.8 Å². The van der Waals surface area contributed by atoms with Gasteiger partial charge in [-0.2, -0.15) is 0 Å². The minimum Gasteiger partial charge on any atom is -0.351 e. The number of alkyl halides is 1. The lowest BCUT2D eigenvalue weighted by molar-refractivity contribution is -0.385. The second kappa shape index (κ2) is 7.75. The first-order valence-electron chi connectivity index (χ1n) is 6.55. The van der Waals surface area contributed by atoms with Crippen molar-refractivity contribution in [2.75, 3.05) is 11.9 Å². The Morgan fingerprint density at radius 3 is 2.71 bits per heavy atom. The van der Waals surface area contributed by atoms with Crippen LogP contribution in [0.2, 0.25) is 5.02 Å². The Morgan fingerprint density at radius 1 is 1.48 bits per heavy atom. The summed E-state index contributed by atoms with van der Waals surface area (Å²) < 4.78 is 0. The number of carbonyl (C=O) groups is 1. The average molecular weight is 378 g/mol. The minimum atomic E-state index is -0.600. The molecule has 1 rings (SSSR count). The maximum atomic E-state index is 12.2. The van der Waals surface area contributed by atoms with Crippen LogP contribution in [0.1, 0.15) is 37.0 Å². The monoisotopic (exact) mass is 376 g/mol. The van der Waals surface area contributed by atoms with Crippen molar-refractivity contribution in [1.29, 1.82) is 0 Å². The largest absolute Gasteiger partial charge is 0.351 e. The molecule has 1 aromatic carbocycles. The van der Waals surface area contributed by atoms with Gasteiger partial charge in [0.2, 0.25) is 0 Å². The van der Waals surface area contributed by atoms with E-state index in [9.17, 15) is 14.9 Å². The predicted molar refractivity (Wildman–Crippen MR) is 87.2 cm³/mol. The van der Waals surface area contributed by atoms with E-state index in [0.717, 1.165) is 18.2 Å². The fourth-order valence-corrected chi connectivity index (χ4v) is 2.47. The van der Waals surface area contributed by atoms with Crippen molar-refractivity contribution in [3.8, 4) is 0 Å². The van der Waals surface area contributed by atoms with Crippen molar-refractivity contribution in [3.63, 3.8) is 0 Å². The molecule has 116 valence electrons. The zero-order chi connectivity index (χ0) is 16.0. The molecule has 0 aliphatic carbocycles. The number of rotatable bonds is 7. The molecule has 0 atom stereocenters. The number of nitrogens with one attached hydrogen (secondary N) is 1. The lowest BCUT2D eigenvalue weighted by Gasteiger charge is -2.24. The Morgan fingerprint density at radius 2 is 2.14 bits per heavy atom. The van der Waals surface area contributed by atoms with Crippen molar-refractivity contribution >= 4 is 39.1 Å². The highest BCUT2D eigenvalue weighted by Crippen LogP contribution is 2.27. The fraction of sp³-hybridized carbons (Fsp3) is 0.500. The van der Waals surface area contributed by atoms with Crippen LogP contribution >= 0.6 is 27.5 Å². The van der Waals surface area contributed by atoms with Gasteiger partial charge in [0.1, 0.15) is 5.56 Å². The molecule has 0 heterocycles. The summed E-state index contributed by atoms with van der Waals surface area (Å²) in [7, 11) is 0. The quantitative estimate of drug-likeness (QED) is 0.440. The van der Waals surface area contributed by atoms with Gasteiger partial charge in [-0.3, -0.25) is 14.9 Å². The fourth-order valence-electron chi connectivity index (χ4n) is 1.93.